The van der Waals surface area contributed by atoms with E-state index >= 15 is 0 Å². The predicted octanol–water partition coefficient (Wildman–Crippen LogP) is 4.51. The fourth-order valence-electron chi connectivity index (χ4n) is 3.31. The molecule has 0 fully saturated rings. The van der Waals surface area contributed by atoms with E-state index in [0.717, 1.165) is 11.4 Å². The molecule has 0 saturated heterocycles. The summed E-state index contributed by atoms with van der Waals surface area (Å²) in [6, 6.07) is 12.9. The summed E-state index contributed by atoms with van der Waals surface area (Å²) in [4.78, 5) is 29.6. The topological polar surface area (TPSA) is 98.3 Å². The normalized spacial score (nSPS) is 15.1. The van der Waals surface area contributed by atoms with Gasteiger partial charge < -0.3 is 24.8 Å². The van der Waals surface area contributed by atoms with Gasteiger partial charge in [-0.25, -0.2) is 4.99 Å². The largest absolute Gasteiger partial charge is 0.486 e. The van der Waals surface area contributed by atoms with Crippen LogP contribution < -0.4 is 20.1 Å². The van der Waals surface area contributed by atoms with Gasteiger partial charge in [-0.1, -0.05) is 23.9 Å². The van der Waals surface area contributed by atoms with Crippen molar-refractivity contribution in [2.45, 2.75) is 25.5 Å². The SMILES string of the molecule is CCOC(=O)CC1=CC(SC(C)C(=O)Nc2ccc3c(c2)OCCO3)=Nc2ccccc2N1. The molecule has 1 amide bonds. The van der Waals surface area contributed by atoms with Gasteiger partial charge in [0.05, 0.1) is 34.7 Å². The van der Waals surface area contributed by atoms with Crippen LogP contribution in [0.4, 0.5) is 17.1 Å². The molecule has 2 aliphatic rings. The van der Waals surface area contributed by atoms with Crippen molar-refractivity contribution in [1.29, 1.82) is 0 Å². The molecule has 8 nitrogen and oxygen atoms in total. The highest BCUT2D eigenvalue weighted by atomic mass is 32.2. The highest BCUT2D eigenvalue weighted by molar-refractivity contribution is 8.15. The van der Waals surface area contributed by atoms with Gasteiger partial charge in [-0.05, 0) is 44.2 Å². The predicted molar refractivity (Wildman–Crippen MR) is 130 cm³/mol. The lowest BCUT2D eigenvalue weighted by Gasteiger charge is -2.19. The van der Waals surface area contributed by atoms with Crippen molar-refractivity contribution < 1.29 is 23.8 Å². The molecule has 1 atom stereocenters. The smallest absolute Gasteiger partial charge is 0.311 e. The first-order chi connectivity index (χ1) is 16.0. The lowest BCUT2D eigenvalue weighted by Crippen LogP contribution is -2.24. The summed E-state index contributed by atoms with van der Waals surface area (Å²) in [7, 11) is 0. The maximum Gasteiger partial charge on any atom is 0.311 e. The number of esters is 1. The van der Waals surface area contributed by atoms with E-state index in [1.165, 1.54) is 11.8 Å². The third-order valence-corrected chi connectivity index (χ3v) is 5.86. The minimum absolute atomic E-state index is 0.0829. The van der Waals surface area contributed by atoms with Crippen molar-refractivity contribution in [3.05, 3.63) is 54.2 Å². The van der Waals surface area contributed by atoms with E-state index < -0.39 is 5.25 Å². The lowest BCUT2D eigenvalue weighted by molar-refractivity contribution is -0.142. The molecule has 2 N–H and O–H groups in total. The molecule has 2 aromatic carbocycles. The van der Waals surface area contributed by atoms with Crippen molar-refractivity contribution in [2.24, 2.45) is 4.99 Å². The first-order valence-electron chi connectivity index (χ1n) is 10.7. The number of amides is 1. The monoisotopic (exact) mass is 467 g/mol. The van der Waals surface area contributed by atoms with Gasteiger partial charge in [-0.3, -0.25) is 9.59 Å². The summed E-state index contributed by atoms with van der Waals surface area (Å²) in [5.74, 6) is 0.774. The fraction of sp³-hybridized carbons (Fsp3) is 0.292. The highest BCUT2D eigenvalue weighted by Crippen LogP contribution is 2.34. The Kier molecular flexibility index (Phi) is 7.19. The van der Waals surface area contributed by atoms with Gasteiger partial charge in [0.25, 0.3) is 0 Å². The second-order valence-electron chi connectivity index (χ2n) is 7.35. The number of nitrogens with zero attached hydrogens (tertiary/aromatic N) is 1. The van der Waals surface area contributed by atoms with Crippen molar-refractivity contribution in [3.63, 3.8) is 0 Å². The van der Waals surface area contributed by atoms with Crippen LogP contribution >= 0.6 is 11.8 Å². The van der Waals surface area contributed by atoms with E-state index in [1.807, 2.05) is 31.2 Å². The molecule has 4 rings (SSSR count). The molecule has 0 aromatic heterocycles. The van der Waals surface area contributed by atoms with E-state index in [1.54, 1.807) is 31.2 Å². The number of para-hydroxylation sites is 2. The van der Waals surface area contributed by atoms with Gasteiger partial charge >= 0.3 is 5.97 Å². The molecule has 9 heteroatoms. The van der Waals surface area contributed by atoms with Crippen LogP contribution in [0.25, 0.3) is 0 Å². The number of aliphatic imine (C=N–C) groups is 1. The molecule has 0 spiro atoms. The number of hydrogen-bond donors (Lipinski definition) is 2. The number of benzene rings is 2. The van der Waals surface area contributed by atoms with Gasteiger partial charge in [0, 0.05) is 17.5 Å². The Balaban J connectivity index is 1.48. The Morgan fingerprint density at radius 2 is 1.97 bits per heavy atom. The standard InChI is InChI=1S/C24H25N3O5S/c1-3-30-23(28)14-17-13-22(27-19-7-5-4-6-18(19)25-17)33-15(2)24(29)26-16-8-9-20-21(12-16)32-11-10-31-20/h4-9,12-13,15,25H,3,10-11,14H2,1-2H3,(H,26,29). The summed E-state index contributed by atoms with van der Waals surface area (Å²) < 4.78 is 16.2. The van der Waals surface area contributed by atoms with Crippen molar-refractivity contribution in [1.82, 2.24) is 0 Å². The van der Waals surface area contributed by atoms with Gasteiger partial charge in [0.1, 0.15) is 13.2 Å². The molecule has 2 heterocycles. The minimum atomic E-state index is -0.442. The van der Waals surface area contributed by atoms with E-state index in [4.69, 9.17) is 19.2 Å². The van der Waals surface area contributed by atoms with Crippen molar-refractivity contribution in [2.75, 3.05) is 30.5 Å². The Morgan fingerprint density at radius 1 is 1.18 bits per heavy atom. The zero-order valence-electron chi connectivity index (χ0n) is 18.4. The summed E-state index contributed by atoms with van der Waals surface area (Å²) >= 11 is 1.31. The fourth-order valence-corrected chi connectivity index (χ4v) is 4.20. The number of carbonyl (C=O) groups is 2. The molecule has 0 radical (unpaired) electrons. The number of nitrogens with one attached hydrogen (secondary N) is 2. The Labute approximate surface area is 196 Å². The van der Waals surface area contributed by atoms with Gasteiger partial charge in [-0.2, -0.15) is 0 Å². The van der Waals surface area contributed by atoms with Crippen LogP contribution in [0.15, 0.2) is 59.2 Å². The van der Waals surface area contributed by atoms with Crippen LogP contribution in [0.1, 0.15) is 20.3 Å². The van der Waals surface area contributed by atoms with Gasteiger partial charge in [0.2, 0.25) is 5.91 Å². The van der Waals surface area contributed by atoms with Crippen LogP contribution in [0.3, 0.4) is 0 Å². The summed E-state index contributed by atoms with van der Waals surface area (Å²) in [6.45, 7) is 4.89. The molecular weight excluding hydrogens is 442 g/mol. The lowest BCUT2D eigenvalue weighted by atomic mass is 10.2. The number of carbonyl (C=O) groups excluding carboxylic acids is 2. The number of rotatable bonds is 6. The molecule has 0 aliphatic carbocycles. The first kappa shape index (κ1) is 22.7. The summed E-state index contributed by atoms with van der Waals surface area (Å²) in [5, 5.41) is 6.35. The van der Waals surface area contributed by atoms with E-state index in [9.17, 15) is 9.59 Å². The third-order valence-electron chi connectivity index (χ3n) is 4.84. The second-order valence-corrected chi connectivity index (χ2v) is 8.71. The summed E-state index contributed by atoms with van der Waals surface area (Å²) in [5.41, 5.74) is 2.81. The maximum absolute atomic E-state index is 12.9. The number of fused-ring (bicyclic) bond motifs is 2. The molecule has 2 aliphatic heterocycles. The highest BCUT2D eigenvalue weighted by Gasteiger charge is 2.21. The number of thioether (sulfide) groups is 1. The molecule has 33 heavy (non-hydrogen) atoms. The van der Waals surface area contributed by atoms with Crippen LogP contribution in [-0.2, 0) is 14.3 Å². The van der Waals surface area contributed by atoms with Crippen LogP contribution in [0.5, 0.6) is 11.5 Å². The zero-order chi connectivity index (χ0) is 23.2. The van der Waals surface area contributed by atoms with Crippen molar-refractivity contribution >= 4 is 45.7 Å². The third kappa shape index (κ3) is 5.87. The Morgan fingerprint density at radius 3 is 2.79 bits per heavy atom. The van der Waals surface area contributed by atoms with E-state index in [2.05, 4.69) is 10.6 Å². The minimum Gasteiger partial charge on any atom is -0.486 e. The van der Waals surface area contributed by atoms with Gasteiger partial charge in [-0.15, -0.1) is 0 Å². The van der Waals surface area contributed by atoms with Crippen molar-refractivity contribution in [3.8, 4) is 11.5 Å². The second kappa shape index (κ2) is 10.4. The van der Waals surface area contributed by atoms with Crippen LogP contribution in [0.2, 0.25) is 0 Å². The zero-order valence-corrected chi connectivity index (χ0v) is 19.2. The molecule has 0 saturated carbocycles. The van der Waals surface area contributed by atoms with Crippen LogP contribution in [0, 0.1) is 0 Å². The number of anilines is 2. The average Bonchev–Trinajstić information content (AvgIpc) is 2.97. The Hall–Kier alpha value is -3.46. The van der Waals surface area contributed by atoms with E-state index in [0.29, 0.717) is 47.7 Å². The quantitative estimate of drug-likeness (QED) is 0.603. The maximum atomic E-state index is 12.9. The first-order valence-corrected chi connectivity index (χ1v) is 11.6. The van der Waals surface area contributed by atoms with Crippen LogP contribution in [-0.4, -0.2) is 42.0 Å². The average molecular weight is 468 g/mol. The molecule has 0 bridgehead atoms. The van der Waals surface area contributed by atoms with Gasteiger partial charge in [0.15, 0.2) is 11.5 Å². The molecule has 172 valence electrons. The summed E-state index contributed by atoms with van der Waals surface area (Å²) in [6.07, 6.45) is 1.87. The number of hydrogen-bond acceptors (Lipinski definition) is 8. The van der Waals surface area contributed by atoms with E-state index in [-0.39, 0.29) is 18.3 Å². The molecular formula is C24H25N3O5S. The molecule has 1 unspecified atom stereocenters. The Bertz CT molecular complexity index is 1120. The molecule has 2 aromatic rings. The number of ether oxygens (including phenoxy) is 3.